The first kappa shape index (κ1) is 18.9. The molecule has 0 radical (unpaired) electrons. The maximum absolute atomic E-state index is 10.6. The summed E-state index contributed by atoms with van der Waals surface area (Å²) >= 11 is 1.62. The van der Waals surface area contributed by atoms with Crippen LogP contribution in [0.3, 0.4) is 0 Å². The van der Waals surface area contributed by atoms with Crippen molar-refractivity contribution in [2.24, 2.45) is 0 Å². The van der Waals surface area contributed by atoms with Crippen LogP contribution in [0.15, 0.2) is 71.9 Å². The van der Waals surface area contributed by atoms with Crippen LogP contribution in [0.5, 0.6) is 0 Å². The maximum Gasteiger partial charge on any atom is 0.0992 e. The van der Waals surface area contributed by atoms with E-state index in [1.54, 1.807) is 11.9 Å². The molecule has 4 nitrogen and oxygen atoms in total. The number of pyridine rings is 1. The standard InChI is InChI=1S/C21H25N3OS/c1-16(13-23-15-21(2,25)19-6-4-3-5-7-19)24-26-20-9-8-18-14-22-11-10-17(18)12-20/h3-12,14,16,23-25H,13,15H2,1-2H3/t16-,21-/m1/s1. The van der Waals surface area contributed by atoms with Gasteiger partial charge in [0, 0.05) is 41.8 Å². The predicted octanol–water partition coefficient (Wildman–Crippen LogP) is 3.72. The van der Waals surface area contributed by atoms with Gasteiger partial charge in [-0.2, -0.15) is 0 Å². The summed E-state index contributed by atoms with van der Waals surface area (Å²) in [5.41, 5.74) is 0.0497. The summed E-state index contributed by atoms with van der Waals surface area (Å²) in [6.07, 6.45) is 3.69. The highest BCUT2D eigenvalue weighted by Gasteiger charge is 2.22. The SMILES string of the molecule is C[C@H](CNC[C@@](C)(O)c1ccccc1)NSc1ccc2cnccc2c1. The van der Waals surface area contributed by atoms with Crippen molar-refractivity contribution in [2.75, 3.05) is 13.1 Å². The topological polar surface area (TPSA) is 57.2 Å². The lowest BCUT2D eigenvalue weighted by Gasteiger charge is -2.25. The van der Waals surface area contributed by atoms with Crippen molar-refractivity contribution < 1.29 is 5.11 Å². The minimum atomic E-state index is -0.875. The van der Waals surface area contributed by atoms with E-state index < -0.39 is 5.60 Å². The van der Waals surface area contributed by atoms with Crippen LogP contribution in [0.4, 0.5) is 0 Å². The molecular weight excluding hydrogens is 342 g/mol. The van der Waals surface area contributed by atoms with Gasteiger partial charge in [-0.25, -0.2) is 0 Å². The second kappa shape index (κ2) is 8.64. The van der Waals surface area contributed by atoms with Crippen LogP contribution >= 0.6 is 11.9 Å². The van der Waals surface area contributed by atoms with Crippen molar-refractivity contribution in [1.29, 1.82) is 0 Å². The molecule has 26 heavy (non-hydrogen) atoms. The van der Waals surface area contributed by atoms with E-state index in [0.29, 0.717) is 6.54 Å². The Bertz CT molecular complexity index is 839. The molecule has 0 fully saturated rings. The van der Waals surface area contributed by atoms with E-state index >= 15 is 0 Å². The molecule has 3 aromatic rings. The van der Waals surface area contributed by atoms with Crippen LogP contribution < -0.4 is 10.0 Å². The summed E-state index contributed by atoms with van der Waals surface area (Å²) in [5, 5.41) is 16.3. The Hall–Kier alpha value is -1.92. The number of nitrogens with zero attached hydrogens (tertiary/aromatic N) is 1. The van der Waals surface area contributed by atoms with E-state index in [1.807, 2.05) is 55.7 Å². The normalized spacial score (nSPS) is 14.9. The van der Waals surface area contributed by atoms with Gasteiger partial charge in [-0.3, -0.25) is 9.71 Å². The van der Waals surface area contributed by atoms with Crippen molar-refractivity contribution in [3.05, 3.63) is 72.6 Å². The van der Waals surface area contributed by atoms with Crippen molar-refractivity contribution in [2.45, 2.75) is 30.4 Å². The number of rotatable bonds is 8. The van der Waals surface area contributed by atoms with Crippen LogP contribution in [0.2, 0.25) is 0 Å². The largest absolute Gasteiger partial charge is 0.384 e. The average Bonchev–Trinajstić information content (AvgIpc) is 2.67. The van der Waals surface area contributed by atoms with E-state index in [4.69, 9.17) is 0 Å². The first-order chi connectivity index (χ1) is 12.5. The number of hydrogen-bond donors (Lipinski definition) is 3. The van der Waals surface area contributed by atoms with Gasteiger partial charge in [0.2, 0.25) is 0 Å². The number of aromatic nitrogens is 1. The number of benzene rings is 2. The zero-order valence-corrected chi connectivity index (χ0v) is 16.0. The van der Waals surface area contributed by atoms with Gasteiger partial charge in [0.1, 0.15) is 0 Å². The Morgan fingerprint density at radius 2 is 1.92 bits per heavy atom. The third-order valence-electron chi connectivity index (χ3n) is 4.31. The van der Waals surface area contributed by atoms with E-state index in [-0.39, 0.29) is 6.04 Å². The lowest BCUT2D eigenvalue weighted by atomic mass is 9.96. The first-order valence-electron chi connectivity index (χ1n) is 8.79. The number of nitrogens with one attached hydrogen (secondary N) is 2. The highest BCUT2D eigenvalue weighted by molar-refractivity contribution is 7.97. The van der Waals surface area contributed by atoms with Gasteiger partial charge < -0.3 is 10.4 Å². The number of fused-ring (bicyclic) bond motifs is 1. The molecule has 0 bridgehead atoms. The monoisotopic (exact) mass is 367 g/mol. The highest BCUT2D eigenvalue weighted by atomic mass is 32.2. The number of aliphatic hydroxyl groups is 1. The van der Waals surface area contributed by atoms with E-state index in [0.717, 1.165) is 17.5 Å². The Morgan fingerprint density at radius 1 is 1.12 bits per heavy atom. The second-order valence-electron chi connectivity index (χ2n) is 6.78. The molecule has 0 amide bonds. The molecule has 5 heteroatoms. The average molecular weight is 368 g/mol. The minimum Gasteiger partial charge on any atom is -0.384 e. The van der Waals surface area contributed by atoms with Gasteiger partial charge >= 0.3 is 0 Å². The van der Waals surface area contributed by atoms with Gasteiger partial charge in [-0.1, -0.05) is 36.4 Å². The van der Waals surface area contributed by atoms with Crippen LogP contribution in [0.25, 0.3) is 10.8 Å². The van der Waals surface area contributed by atoms with Crippen molar-refractivity contribution in [3.63, 3.8) is 0 Å². The molecule has 0 aliphatic carbocycles. The molecule has 136 valence electrons. The van der Waals surface area contributed by atoms with Crippen LogP contribution in [0.1, 0.15) is 19.4 Å². The third-order valence-corrected chi connectivity index (χ3v) is 5.32. The molecule has 2 aromatic carbocycles. The smallest absolute Gasteiger partial charge is 0.0992 e. The summed E-state index contributed by atoms with van der Waals surface area (Å²) in [7, 11) is 0. The summed E-state index contributed by atoms with van der Waals surface area (Å²) < 4.78 is 3.45. The first-order valence-corrected chi connectivity index (χ1v) is 9.61. The Morgan fingerprint density at radius 3 is 2.73 bits per heavy atom. The lowest BCUT2D eigenvalue weighted by Crippen LogP contribution is -2.40. The van der Waals surface area contributed by atoms with Crippen molar-refractivity contribution in [3.8, 4) is 0 Å². The molecule has 0 aliphatic rings. The summed E-state index contributed by atoms with van der Waals surface area (Å²) in [4.78, 5) is 5.31. The second-order valence-corrected chi connectivity index (χ2v) is 7.69. The van der Waals surface area contributed by atoms with Gasteiger partial charge in [0.15, 0.2) is 0 Å². The molecule has 0 unspecified atom stereocenters. The molecule has 3 N–H and O–H groups in total. The Kier molecular flexibility index (Phi) is 6.27. The zero-order valence-electron chi connectivity index (χ0n) is 15.1. The molecule has 2 atom stereocenters. The van der Waals surface area contributed by atoms with Gasteiger partial charge in [-0.05, 0) is 54.9 Å². The molecule has 1 aromatic heterocycles. The molecule has 0 saturated carbocycles. The van der Waals surface area contributed by atoms with Gasteiger partial charge in [0.25, 0.3) is 0 Å². The Labute approximate surface area is 159 Å². The van der Waals surface area contributed by atoms with Crippen LogP contribution in [-0.2, 0) is 5.60 Å². The maximum atomic E-state index is 10.6. The molecule has 0 aliphatic heterocycles. The van der Waals surface area contributed by atoms with Crippen molar-refractivity contribution >= 4 is 22.7 Å². The summed E-state index contributed by atoms with van der Waals surface area (Å²) in [5.74, 6) is 0. The fourth-order valence-corrected chi connectivity index (χ4v) is 3.51. The third kappa shape index (κ3) is 5.05. The van der Waals surface area contributed by atoms with E-state index in [2.05, 4.69) is 40.1 Å². The quantitative estimate of drug-likeness (QED) is 0.530. The van der Waals surface area contributed by atoms with Crippen LogP contribution in [0, 0.1) is 0 Å². The molecule has 0 spiro atoms. The van der Waals surface area contributed by atoms with E-state index in [9.17, 15) is 5.11 Å². The summed E-state index contributed by atoms with van der Waals surface area (Å²) in [6.45, 7) is 5.25. The fourth-order valence-electron chi connectivity index (χ4n) is 2.77. The van der Waals surface area contributed by atoms with Crippen LogP contribution in [-0.4, -0.2) is 29.2 Å². The Balaban J connectivity index is 1.46. The predicted molar refractivity (Wildman–Crippen MR) is 109 cm³/mol. The molecule has 1 heterocycles. The molecule has 3 rings (SSSR count). The summed E-state index contributed by atoms with van der Waals surface area (Å²) in [6, 6.07) is 18.4. The van der Waals surface area contributed by atoms with Gasteiger partial charge in [0.05, 0.1) is 5.60 Å². The minimum absolute atomic E-state index is 0.264. The van der Waals surface area contributed by atoms with Gasteiger partial charge in [-0.15, -0.1) is 0 Å². The number of hydrogen-bond acceptors (Lipinski definition) is 5. The van der Waals surface area contributed by atoms with E-state index in [1.165, 1.54) is 10.3 Å². The fraction of sp³-hybridized carbons (Fsp3) is 0.286. The lowest BCUT2D eigenvalue weighted by molar-refractivity contribution is 0.0568. The highest BCUT2D eigenvalue weighted by Crippen LogP contribution is 2.22. The molecular formula is C21H25N3OS. The molecule has 0 saturated heterocycles. The zero-order chi connectivity index (χ0) is 18.4. The van der Waals surface area contributed by atoms with Crippen molar-refractivity contribution in [1.82, 2.24) is 15.0 Å².